The highest BCUT2D eigenvalue weighted by Crippen LogP contribution is 2.27. The lowest BCUT2D eigenvalue weighted by Crippen LogP contribution is -2.43. The molecule has 2 aromatic heterocycles. The van der Waals surface area contributed by atoms with E-state index in [9.17, 15) is 0 Å². The summed E-state index contributed by atoms with van der Waals surface area (Å²) in [5, 5.41) is 3.41. The molecule has 1 aliphatic rings. The molecule has 1 aromatic carbocycles. The van der Waals surface area contributed by atoms with E-state index in [0.29, 0.717) is 0 Å². The third-order valence-electron chi connectivity index (χ3n) is 4.58. The molecule has 1 saturated heterocycles. The van der Waals surface area contributed by atoms with Crippen molar-refractivity contribution in [2.75, 3.05) is 33.3 Å². The molecule has 0 atom stereocenters. The lowest BCUT2D eigenvalue weighted by atomic mass is 10.1. The Labute approximate surface area is 141 Å². The molecule has 24 heavy (non-hydrogen) atoms. The first-order valence-corrected chi connectivity index (χ1v) is 8.38. The fourth-order valence-electron chi connectivity index (χ4n) is 3.26. The Morgan fingerprint density at radius 3 is 2.62 bits per heavy atom. The molecule has 1 N–H and O–H groups in total. The maximum absolute atomic E-state index is 5.27. The van der Waals surface area contributed by atoms with E-state index in [2.05, 4.69) is 45.1 Å². The van der Waals surface area contributed by atoms with Crippen molar-refractivity contribution >= 4 is 5.65 Å². The van der Waals surface area contributed by atoms with E-state index in [1.807, 2.05) is 18.2 Å². The van der Waals surface area contributed by atoms with Gasteiger partial charge < -0.3 is 14.5 Å². The zero-order valence-electron chi connectivity index (χ0n) is 13.9. The number of rotatable bonds is 4. The molecule has 0 bridgehead atoms. The van der Waals surface area contributed by atoms with Crippen molar-refractivity contribution in [1.29, 1.82) is 0 Å². The largest absolute Gasteiger partial charge is 0.497 e. The summed E-state index contributed by atoms with van der Waals surface area (Å²) in [4.78, 5) is 7.37. The summed E-state index contributed by atoms with van der Waals surface area (Å²) in [5.74, 6) is 0.867. The first kappa shape index (κ1) is 15.2. The van der Waals surface area contributed by atoms with Gasteiger partial charge in [0.2, 0.25) is 0 Å². The number of nitrogens with zero attached hydrogens (tertiary/aromatic N) is 3. The zero-order valence-corrected chi connectivity index (χ0v) is 13.9. The van der Waals surface area contributed by atoms with Crippen LogP contribution in [0.4, 0.5) is 0 Å². The minimum atomic E-state index is 0.867. The minimum Gasteiger partial charge on any atom is -0.497 e. The van der Waals surface area contributed by atoms with Gasteiger partial charge in [-0.1, -0.05) is 6.07 Å². The zero-order chi connectivity index (χ0) is 16.4. The van der Waals surface area contributed by atoms with E-state index in [-0.39, 0.29) is 0 Å². The fourth-order valence-corrected chi connectivity index (χ4v) is 3.26. The van der Waals surface area contributed by atoms with E-state index < -0.39 is 0 Å². The average Bonchev–Trinajstić information content (AvgIpc) is 3.01. The highest BCUT2D eigenvalue weighted by molar-refractivity contribution is 5.67. The van der Waals surface area contributed by atoms with Gasteiger partial charge in [-0.3, -0.25) is 4.90 Å². The van der Waals surface area contributed by atoms with Gasteiger partial charge in [0.1, 0.15) is 11.4 Å². The van der Waals surface area contributed by atoms with Gasteiger partial charge >= 0.3 is 0 Å². The standard InChI is InChI=1S/C19H22N4O/c1-24-16-7-5-15(6-8-16)19-17(14-22-12-9-20-10-13-22)23-11-3-2-4-18(23)21-19/h2-8,11,20H,9-10,12-14H2,1H3. The second kappa shape index (κ2) is 6.63. The quantitative estimate of drug-likeness (QED) is 0.801. The summed E-state index contributed by atoms with van der Waals surface area (Å²) in [5.41, 5.74) is 4.43. The molecule has 3 heterocycles. The number of aromatic nitrogens is 2. The predicted molar refractivity (Wildman–Crippen MR) is 95.3 cm³/mol. The van der Waals surface area contributed by atoms with Crippen molar-refractivity contribution in [3.8, 4) is 17.0 Å². The van der Waals surface area contributed by atoms with Crippen molar-refractivity contribution in [1.82, 2.24) is 19.6 Å². The lowest BCUT2D eigenvalue weighted by Gasteiger charge is -2.27. The molecule has 0 spiro atoms. The van der Waals surface area contributed by atoms with Crippen molar-refractivity contribution in [3.63, 3.8) is 0 Å². The monoisotopic (exact) mass is 322 g/mol. The summed E-state index contributed by atoms with van der Waals surface area (Å²) in [6.07, 6.45) is 2.10. The number of methoxy groups -OCH3 is 1. The van der Waals surface area contributed by atoms with Gasteiger partial charge in [-0.2, -0.15) is 0 Å². The number of nitrogens with one attached hydrogen (secondary N) is 1. The number of ether oxygens (including phenoxy) is 1. The molecule has 124 valence electrons. The Balaban J connectivity index is 1.76. The molecule has 5 heteroatoms. The summed E-state index contributed by atoms with van der Waals surface area (Å²) in [6.45, 7) is 5.15. The summed E-state index contributed by atoms with van der Waals surface area (Å²) in [6, 6.07) is 14.3. The van der Waals surface area contributed by atoms with E-state index in [4.69, 9.17) is 9.72 Å². The fraction of sp³-hybridized carbons (Fsp3) is 0.316. The van der Waals surface area contributed by atoms with Gasteiger partial charge in [-0.05, 0) is 36.4 Å². The number of hydrogen-bond acceptors (Lipinski definition) is 4. The van der Waals surface area contributed by atoms with Crippen LogP contribution in [0, 0.1) is 0 Å². The number of hydrogen-bond donors (Lipinski definition) is 1. The van der Waals surface area contributed by atoms with Gasteiger partial charge in [-0.25, -0.2) is 4.98 Å². The maximum Gasteiger partial charge on any atom is 0.137 e. The molecule has 4 rings (SSSR count). The minimum absolute atomic E-state index is 0.867. The molecule has 3 aromatic rings. The van der Waals surface area contributed by atoms with Crippen LogP contribution in [0.2, 0.25) is 0 Å². The van der Waals surface area contributed by atoms with Gasteiger partial charge in [0.25, 0.3) is 0 Å². The van der Waals surface area contributed by atoms with Gasteiger partial charge in [0.15, 0.2) is 0 Å². The van der Waals surface area contributed by atoms with Crippen LogP contribution in [0.25, 0.3) is 16.9 Å². The van der Waals surface area contributed by atoms with E-state index >= 15 is 0 Å². The van der Waals surface area contributed by atoms with Crippen LogP contribution in [0.5, 0.6) is 5.75 Å². The molecule has 0 unspecified atom stereocenters. The summed E-state index contributed by atoms with van der Waals surface area (Å²) in [7, 11) is 1.69. The summed E-state index contributed by atoms with van der Waals surface area (Å²) >= 11 is 0. The van der Waals surface area contributed by atoms with Crippen LogP contribution in [0.15, 0.2) is 48.7 Å². The molecule has 0 amide bonds. The molecular weight excluding hydrogens is 300 g/mol. The van der Waals surface area contributed by atoms with E-state index in [0.717, 1.165) is 55.4 Å². The molecule has 0 aliphatic carbocycles. The Bertz CT molecular complexity index is 819. The second-order valence-electron chi connectivity index (χ2n) is 6.09. The Morgan fingerprint density at radius 1 is 1.08 bits per heavy atom. The lowest BCUT2D eigenvalue weighted by molar-refractivity contribution is 0.230. The highest BCUT2D eigenvalue weighted by Gasteiger charge is 2.18. The Hall–Kier alpha value is -2.37. The van der Waals surface area contributed by atoms with Crippen molar-refractivity contribution in [3.05, 3.63) is 54.4 Å². The molecule has 1 fully saturated rings. The average molecular weight is 322 g/mol. The first-order valence-electron chi connectivity index (χ1n) is 8.38. The predicted octanol–water partition coefficient (Wildman–Crippen LogP) is 2.42. The number of benzene rings is 1. The smallest absolute Gasteiger partial charge is 0.137 e. The van der Waals surface area contributed by atoms with Crippen LogP contribution in [-0.2, 0) is 6.54 Å². The number of pyridine rings is 1. The third kappa shape index (κ3) is 2.88. The molecule has 0 radical (unpaired) electrons. The van der Waals surface area contributed by atoms with Crippen LogP contribution in [0.1, 0.15) is 5.69 Å². The molecule has 0 saturated carbocycles. The van der Waals surface area contributed by atoms with Crippen LogP contribution in [0.3, 0.4) is 0 Å². The molecule has 5 nitrogen and oxygen atoms in total. The van der Waals surface area contributed by atoms with Crippen LogP contribution in [-0.4, -0.2) is 47.6 Å². The van der Waals surface area contributed by atoms with Gasteiger partial charge in [0, 0.05) is 44.5 Å². The number of piperazine rings is 1. The number of imidazole rings is 1. The SMILES string of the molecule is COc1ccc(-c2nc3ccccn3c2CN2CCNCC2)cc1. The first-order chi connectivity index (χ1) is 11.8. The Kier molecular flexibility index (Phi) is 4.19. The summed E-state index contributed by atoms with van der Waals surface area (Å²) < 4.78 is 7.48. The van der Waals surface area contributed by atoms with Gasteiger partial charge in [0.05, 0.1) is 18.5 Å². The van der Waals surface area contributed by atoms with E-state index in [1.165, 1.54) is 5.69 Å². The highest BCUT2D eigenvalue weighted by atomic mass is 16.5. The van der Waals surface area contributed by atoms with Crippen molar-refractivity contribution < 1.29 is 4.74 Å². The van der Waals surface area contributed by atoms with Crippen molar-refractivity contribution in [2.45, 2.75) is 6.54 Å². The Morgan fingerprint density at radius 2 is 1.88 bits per heavy atom. The third-order valence-corrected chi connectivity index (χ3v) is 4.58. The number of fused-ring (bicyclic) bond motifs is 1. The van der Waals surface area contributed by atoms with Crippen molar-refractivity contribution in [2.24, 2.45) is 0 Å². The molecule has 1 aliphatic heterocycles. The van der Waals surface area contributed by atoms with Crippen LogP contribution < -0.4 is 10.1 Å². The molecular formula is C19H22N4O. The van der Waals surface area contributed by atoms with Crippen LogP contribution >= 0.6 is 0 Å². The van der Waals surface area contributed by atoms with E-state index in [1.54, 1.807) is 7.11 Å². The van der Waals surface area contributed by atoms with Gasteiger partial charge in [-0.15, -0.1) is 0 Å². The second-order valence-corrected chi connectivity index (χ2v) is 6.09. The topological polar surface area (TPSA) is 41.8 Å². The maximum atomic E-state index is 5.27. The normalized spacial score (nSPS) is 15.7.